The highest BCUT2D eigenvalue weighted by molar-refractivity contribution is 6.07. The average molecular weight is 325 g/mol. The van der Waals surface area contributed by atoms with Gasteiger partial charge in [0, 0.05) is 24.5 Å². The third-order valence-corrected chi connectivity index (χ3v) is 3.84. The average Bonchev–Trinajstić information content (AvgIpc) is 2.91. The largest absolute Gasteiger partial charge is 0.497 e. The van der Waals surface area contributed by atoms with Gasteiger partial charge in [-0.15, -0.1) is 0 Å². The molecule has 0 saturated carbocycles. The highest BCUT2D eigenvalue weighted by Gasteiger charge is 2.19. The second kappa shape index (κ2) is 6.19. The lowest BCUT2D eigenvalue weighted by Gasteiger charge is -2.12. The summed E-state index contributed by atoms with van der Waals surface area (Å²) in [7, 11) is 1.61. The van der Waals surface area contributed by atoms with E-state index in [9.17, 15) is 4.79 Å². The van der Waals surface area contributed by atoms with E-state index in [0.717, 1.165) is 16.8 Å². The number of hydrogen-bond acceptors (Lipinski definition) is 5. The SMILES string of the molecule is CCn1nc(C)c2c(Nc3cccc(OC)c3)c(C(N)=O)cnc21. The van der Waals surface area contributed by atoms with Gasteiger partial charge in [-0.25, -0.2) is 9.67 Å². The number of hydrogen-bond donors (Lipinski definition) is 2. The van der Waals surface area contributed by atoms with Crippen molar-refractivity contribution in [1.82, 2.24) is 14.8 Å². The van der Waals surface area contributed by atoms with E-state index >= 15 is 0 Å². The Morgan fingerprint density at radius 1 is 1.42 bits per heavy atom. The Bertz CT molecular complexity index is 917. The minimum absolute atomic E-state index is 0.323. The fraction of sp³-hybridized carbons (Fsp3) is 0.235. The molecule has 0 fully saturated rings. The highest BCUT2D eigenvalue weighted by atomic mass is 16.5. The summed E-state index contributed by atoms with van der Waals surface area (Å²) in [5, 5.41) is 8.55. The molecule has 2 aromatic heterocycles. The number of nitrogens with one attached hydrogen (secondary N) is 1. The molecule has 0 aliphatic rings. The number of benzene rings is 1. The van der Waals surface area contributed by atoms with Crippen LogP contribution in [-0.4, -0.2) is 27.8 Å². The van der Waals surface area contributed by atoms with Gasteiger partial charge in [-0.2, -0.15) is 5.10 Å². The summed E-state index contributed by atoms with van der Waals surface area (Å²) in [6.45, 7) is 4.56. The quantitative estimate of drug-likeness (QED) is 0.752. The summed E-state index contributed by atoms with van der Waals surface area (Å²) in [6.07, 6.45) is 1.49. The third-order valence-electron chi connectivity index (χ3n) is 3.84. The van der Waals surface area contributed by atoms with Crippen LogP contribution in [0.15, 0.2) is 30.5 Å². The zero-order chi connectivity index (χ0) is 17.3. The summed E-state index contributed by atoms with van der Waals surface area (Å²) in [6, 6.07) is 7.45. The van der Waals surface area contributed by atoms with Crippen LogP contribution in [0.1, 0.15) is 23.0 Å². The van der Waals surface area contributed by atoms with E-state index in [1.165, 1.54) is 6.20 Å². The Balaban J connectivity index is 2.21. The van der Waals surface area contributed by atoms with Crippen molar-refractivity contribution in [1.29, 1.82) is 0 Å². The Kier molecular flexibility index (Phi) is 4.07. The fourth-order valence-electron chi connectivity index (χ4n) is 2.70. The molecule has 7 nitrogen and oxygen atoms in total. The number of primary amides is 1. The normalized spacial score (nSPS) is 10.8. The number of ether oxygens (including phenoxy) is 1. The molecule has 7 heteroatoms. The van der Waals surface area contributed by atoms with Gasteiger partial charge in [0.05, 0.1) is 29.4 Å². The van der Waals surface area contributed by atoms with Gasteiger partial charge in [-0.3, -0.25) is 4.79 Å². The molecule has 0 unspecified atom stereocenters. The van der Waals surface area contributed by atoms with Crippen molar-refractivity contribution in [2.75, 3.05) is 12.4 Å². The number of aromatic nitrogens is 3. The van der Waals surface area contributed by atoms with Gasteiger partial charge >= 0.3 is 0 Å². The van der Waals surface area contributed by atoms with Crippen LogP contribution in [0, 0.1) is 6.92 Å². The van der Waals surface area contributed by atoms with Crippen molar-refractivity contribution >= 4 is 28.3 Å². The predicted molar refractivity (Wildman–Crippen MR) is 92.7 cm³/mol. The summed E-state index contributed by atoms with van der Waals surface area (Å²) in [5.41, 5.74) is 8.75. The van der Waals surface area contributed by atoms with Crippen LogP contribution in [-0.2, 0) is 6.54 Å². The molecule has 0 spiro atoms. The molecule has 1 aromatic carbocycles. The van der Waals surface area contributed by atoms with Crippen molar-refractivity contribution in [2.24, 2.45) is 5.73 Å². The van der Waals surface area contributed by atoms with Crippen LogP contribution >= 0.6 is 0 Å². The smallest absolute Gasteiger partial charge is 0.252 e. The van der Waals surface area contributed by atoms with E-state index in [-0.39, 0.29) is 0 Å². The van der Waals surface area contributed by atoms with Gasteiger partial charge in [0.1, 0.15) is 5.75 Å². The number of nitrogens with two attached hydrogens (primary N) is 1. The Morgan fingerprint density at radius 3 is 2.88 bits per heavy atom. The number of anilines is 2. The van der Waals surface area contributed by atoms with Gasteiger partial charge in [0.2, 0.25) is 0 Å². The van der Waals surface area contributed by atoms with E-state index in [0.29, 0.717) is 29.2 Å². The molecule has 24 heavy (non-hydrogen) atoms. The van der Waals surface area contributed by atoms with Gasteiger partial charge < -0.3 is 15.8 Å². The van der Waals surface area contributed by atoms with Crippen LogP contribution in [0.25, 0.3) is 11.0 Å². The van der Waals surface area contributed by atoms with Crippen molar-refractivity contribution in [2.45, 2.75) is 20.4 Å². The molecule has 3 aromatic rings. The van der Waals surface area contributed by atoms with E-state index in [2.05, 4.69) is 15.4 Å². The molecule has 0 aliphatic carbocycles. The lowest BCUT2D eigenvalue weighted by molar-refractivity contribution is 0.100. The topological polar surface area (TPSA) is 95.1 Å². The molecule has 124 valence electrons. The van der Waals surface area contributed by atoms with E-state index < -0.39 is 5.91 Å². The number of aryl methyl sites for hydroxylation is 2. The molecule has 0 aliphatic heterocycles. The maximum atomic E-state index is 11.9. The Morgan fingerprint density at radius 2 is 2.21 bits per heavy atom. The minimum atomic E-state index is -0.543. The maximum Gasteiger partial charge on any atom is 0.252 e. The number of amides is 1. The van der Waals surface area contributed by atoms with Crippen molar-refractivity contribution < 1.29 is 9.53 Å². The van der Waals surface area contributed by atoms with Crippen molar-refractivity contribution in [3.05, 3.63) is 41.7 Å². The number of fused-ring (bicyclic) bond motifs is 1. The summed E-state index contributed by atoms with van der Waals surface area (Å²) in [4.78, 5) is 16.2. The van der Waals surface area contributed by atoms with Crippen LogP contribution in [0.5, 0.6) is 5.75 Å². The number of carbonyl (C=O) groups is 1. The van der Waals surface area contributed by atoms with E-state index in [4.69, 9.17) is 10.5 Å². The monoisotopic (exact) mass is 325 g/mol. The first-order valence-electron chi connectivity index (χ1n) is 7.62. The molecule has 1 amide bonds. The molecular formula is C17H19N5O2. The predicted octanol–water partition coefficient (Wildman–Crippen LogP) is 2.61. The molecule has 0 bridgehead atoms. The first kappa shape index (κ1) is 15.8. The van der Waals surface area contributed by atoms with Crippen LogP contribution in [0.3, 0.4) is 0 Å². The van der Waals surface area contributed by atoms with Crippen molar-refractivity contribution in [3.8, 4) is 5.75 Å². The Labute approximate surface area is 139 Å². The number of methoxy groups -OCH3 is 1. The van der Waals surface area contributed by atoms with Gasteiger partial charge in [0.25, 0.3) is 5.91 Å². The fourth-order valence-corrected chi connectivity index (χ4v) is 2.70. The zero-order valence-corrected chi connectivity index (χ0v) is 13.8. The van der Waals surface area contributed by atoms with E-state index in [1.54, 1.807) is 11.8 Å². The first-order valence-corrected chi connectivity index (χ1v) is 7.62. The lowest BCUT2D eigenvalue weighted by Crippen LogP contribution is -2.14. The molecule has 3 N–H and O–H groups in total. The van der Waals surface area contributed by atoms with E-state index in [1.807, 2.05) is 38.1 Å². The minimum Gasteiger partial charge on any atom is -0.497 e. The lowest BCUT2D eigenvalue weighted by atomic mass is 10.1. The van der Waals surface area contributed by atoms with Crippen LogP contribution in [0.4, 0.5) is 11.4 Å². The highest BCUT2D eigenvalue weighted by Crippen LogP contribution is 2.32. The van der Waals surface area contributed by atoms with Gasteiger partial charge in [-0.05, 0) is 26.0 Å². The van der Waals surface area contributed by atoms with Crippen LogP contribution < -0.4 is 15.8 Å². The molecule has 2 heterocycles. The summed E-state index contributed by atoms with van der Waals surface area (Å²) >= 11 is 0. The standard InChI is InChI=1S/C17H19N5O2/c1-4-22-17-14(10(2)21-22)15(13(9-19-17)16(18)23)20-11-6-5-7-12(8-11)24-3/h5-9H,4H2,1-3H3,(H2,18,23)(H,19,20). The van der Waals surface area contributed by atoms with Crippen LogP contribution in [0.2, 0.25) is 0 Å². The molecule has 3 rings (SSSR count). The second-order valence-electron chi connectivity index (χ2n) is 5.37. The molecule has 0 radical (unpaired) electrons. The van der Waals surface area contributed by atoms with Crippen molar-refractivity contribution in [3.63, 3.8) is 0 Å². The number of nitrogens with zero attached hydrogens (tertiary/aromatic N) is 3. The maximum absolute atomic E-state index is 11.9. The number of pyridine rings is 1. The third kappa shape index (κ3) is 2.64. The second-order valence-corrected chi connectivity index (χ2v) is 5.37. The molecular weight excluding hydrogens is 306 g/mol. The molecule has 0 atom stereocenters. The zero-order valence-electron chi connectivity index (χ0n) is 13.8. The summed E-state index contributed by atoms with van der Waals surface area (Å²) in [5.74, 6) is 0.172. The summed E-state index contributed by atoms with van der Waals surface area (Å²) < 4.78 is 7.04. The number of rotatable bonds is 5. The van der Waals surface area contributed by atoms with Gasteiger partial charge in [0.15, 0.2) is 5.65 Å². The number of carbonyl (C=O) groups excluding carboxylic acids is 1. The van der Waals surface area contributed by atoms with Gasteiger partial charge in [-0.1, -0.05) is 6.07 Å². The molecule has 0 saturated heterocycles. The Hall–Kier alpha value is -3.09. The first-order chi connectivity index (χ1) is 11.5.